The highest BCUT2D eigenvalue weighted by atomic mass is 16.5. The van der Waals surface area contributed by atoms with Gasteiger partial charge in [-0.3, -0.25) is 14.4 Å². The van der Waals surface area contributed by atoms with Crippen LogP contribution < -0.4 is 5.32 Å². The molecule has 0 unspecified atom stereocenters. The molecule has 0 heterocycles. The van der Waals surface area contributed by atoms with Crippen molar-refractivity contribution in [2.24, 2.45) is 46.3 Å². The normalized spacial score (nSPS) is 35.6. The summed E-state index contributed by atoms with van der Waals surface area (Å²) in [5, 5.41) is 11.3. The summed E-state index contributed by atoms with van der Waals surface area (Å²) < 4.78 is 5.85. The first-order valence-corrected chi connectivity index (χ1v) is 16.3. The molecule has 0 spiro atoms. The smallest absolute Gasteiger partial charge is 0.307 e. The monoisotopic (exact) mass is 557 g/mol. The van der Waals surface area contributed by atoms with Crippen LogP contribution in [0.2, 0.25) is 0 Å². The average Bonchev–Trinajstić information content (AvgIpc) is 3.24. The van der Waals surface area contributed by atoms with Crippen LogP contribution in [-0.4, -0.2) is 35.6 Å². The molecule has 226 valence electrons. The zero-order chi connectivity index (χ0) is 29.1. The Kier molecular flexibility index (Phi) is 10.1. The van der Waals surface area contributed by atoms with E-state index in [0.29, 0.717) is 5.41 Å². The number of carbonyl (C=O) groups excluding carboxylic acids is 2. The number of allylic oxidation sites excluding steroid dienone is 1. The third-order valence-corrected chi connectivity index (χ3v) is 11.8. The minimum atomic E-state index is -1.00. The highest BCUT2D eigenvalue weighted by molar-refractivity contribution is 5.81. The molecule has 40 heavy (non-hydrogen) atoms. The summed E-state index contributed by atoms with van der Waals surface area (Å²) in [6.07, 6.45) is 16.0. The molecule has 6 heteroatoms. The summed E-state index contributed by atoms with van der Waals surface area (Å²) >= 11 is 0. The third-order valence-electron chi connectivity index (χ3n) is 11.8. The van der Waals surface area contributed by atoms with Crippen molar-refractivity contribution in [1.29, 1.82) is 0 Å². The lowest BCUT2D eigenvalue weighted by molar-refractivity contribution is -0.151. The van der Waals surface area contributed by atoms with E-state index in [-0.39, 0.29) is 49.2 Å². The maximum absolute atomic E-state index is 12.5. The van der Waals surface area contributed by atoms with E-state index in [2.05, 4.69) is 46.0 Å². The standard InChI is InChI=1S/C34H55NO5/c1-22(2)7-6-8-23(3)27-11-12-28-26-10-9-24-21-25(15-18-33(24,4)29(26)16-19-34(27,28)5)40-32(39)17-20-35-30(36)13-14-31(37)38/h9,22-23,25-29H,6-8,10-21H2,1-5H3,(H,35,36)(H,37,38)/t23-,25+,26+,27-,28+,29+,33+,34-/m1/s1. The zero-order valence-corrected chi connectivity index (χ0v) is 25.8. The molecule has 4 aliphatic rings. The number of aliphatic carboxylic acids is 1. The van der Waals surface area contributed by atoms with Gasteiger partial charge in [-0.05, 0) is 91.3 Å². The number of hydrogen-bond donors (Lipinski definition) is 2. The van der Waals surface area contributed by atoms with E-state index >= 15 is 0 Å². The lowest BCUT2D eigenvalue weighted by atomic mass is 9.47. The molecule has 0 aliphatic heterocycles. The van der Waals surface area contributed by atoms with E-state index in [0.717, 1.165) is 54.8 Å². The molecule has 6 nitrogen and oxygen atoms in total. The van der Waals surface area contributed by atoms with Gasteiger partial charge in [0.15, 0.2) is 0 Å². The molecule has 4 aliphatic carbocycles. The molecule has 0 aromatic carbocycles. The number of ether oxygens (including phenoxy) is 1. The van der Waals surface area contributed by atoms with E-state index in [1.54, 1.807) is 0 Å². The summed E-state index contributed by atoms with van der Waals surface area (Å²) in [6.45, 7) is 12.6. The summed E-state index contributed by atoms with van der Waals surface area (Å²) in [5.74, 6) is 3.28. The van der Waals surface area contributed by atoms with Crippen molar-refractivity contribution in [2.45, 2.75) is 131 Å². The molecular formula is C34H55NO5. The van der Waals surface area contributed by atoms with Gasteiger partial charge in [0, 0.05) is 19.4 Å². The maximum Gasteiger partial charge on any atom is 0.307 e. The van der Waals surface area contributed by atoms with Crippen molar-refractivity contribution in [2.75, 3.05) is 6.54 Å². The van der Waals surface area contributed by atoms with E-state index in [1.165, 1.54) is 56.9 Å². The second-order valence-corrected chi connectivity index (χ2v) is 14.6. The summed E-state index contributed by atoms with van der Waals surface area (Å²) in [4.78, 5) is 34.8. The van der Waals surface area contributed by atoms with Crippen LogP contribution in [0.3, 0.4) is 0 Å². The maximum atomic E-state index is 12.5. The molecule has 1 amide bonds. The predicted octanol–water partition coefficient (Wildman–Crippen LogP) is 7.31. The molecule has 3 fully saturated rings. The Balaban J connectivity index is 1.30. The van der Waals surface area contributed by atoms with Gasteiger partial charge in [-0.1, -0.05) is 65.5 Å². The van der Waals surface area contributed by atoms with E-state index in [9.17, 15) is 14.4 Å². The van der Waals surface area contributed by atoms with Crippen molar-refractivity contribution in [3.8, 4) is 0 Å². The highest BCUT2D eigenvalue weighted by Crippen LogP contribution is 2.67. The number of fused-ring (bicyclic) bond motifs is 5. The average molecular weight is 558 g/mol. The second kappa shape index (κ2) is 13.0. The number of nitrogens with one attached hydrogen (secondary N) is 1. The molecule has 0 aromatic rings. The van der Waals surface area contributed by atoms with Gasteiger partial charge in [0.2, 0.25) is 5.91 Å². The molecule has 0 radical (unpaired) electrons. The Hall–Kier alpha value is -1.85. The van der Waals surface area contributed by atoms with Crippen molar-refractivity contribution >= 4 is 17.8 Å². The number of hydrogen-bond acceptors (Lipinski definition) is 4. The first-order chi connectivity index (χ1) is 18.9. The number of esters is 1. The largest absolute Gasteiger partial charge is 0.481 e. The minimum Gasteiger partial charge on any atom is -0.481 e. The number of carbonyl (C=O) groups is 3. The van der Waals surface area contributed by atoms with Crippen LogP contribution in [0, 0.1) is 46.3 Å². The molecule has 2 N–H and O–H groups in total. The van der Waals surface area contributed by atoms with E-state index in [4.69, 9.17) is 9.84 Å². The molecule has 0 saturated heterocycles. The Labute approximate surface area is 242 Å². The quantitative estimate of drug-likeness (QED) is 0.194. The van der Waals surface area contributed by atoms with Gasteiger partial charge in [0.05, 0.1) is 12.8 Å². The molecule has 4 rings (SSSR count). The number of amides is 1. The molecule has 3 saturated carbocycles. The Bertz CT molecular complexity index is 958. The van der Waals surface area contributed by atoms with Gasteiger partial charge in [0.1, 0.15) is 6.10 Å². The molecular weight excluding hydrogens is 502 g/mol. The number of carboxylic acid groups (broad SMARTS) is 1. The first kappa shape index (κ1) is 31.1. The van der Waals surface area contributed by atoms with Crippen LogP contribution in [0.1, 0.15) is 125 Å². The van der Waals surface area contributed by atoms with Gasteiger partial charge in [-0.2, -0.15) is 0 Å². The van der Waals surface area contributed by atoms with Crippen molar-refractivity contribution in [3.63, 3.8) is 0 Å². The Morgan fingerprint density at radius 1 is 1.00 bits per heavy atom. The molecule has 8 atom stereocenters. The van der Waals surface area contributed by atoms with Crippen LogP contribution in [0.15, 0.2) is 11.6 Å². The zero-order valence-electron chi connectivity index (χ0n) is 25.8. The van der Waals surface area contributed by atoms with Crippen molar-refractivity contribution in [1.82, 2.24) is 5.32 Å². The van der Waals surface area contributed by atoms with Crippen LogP contribution in [-0.2, 0) is 19.1 Å². The van der Waals surface area contributed by atoms with Gasteiger partial charge >= 0.3 is 11.9 Å². The second-order valence-electron chi connectivity index (χ2n) is 14.6. The highest BCUT2D eigenvalue weighted by Gasteiger charge is 2.59. The summed E-state index contributed by atoms with van der Waals surface area (Å²) in [5.41, 5.74) is 2.24. The molecule has 0 aromatic heterocycles. The van der Waals surface area contributed by atoms with Crippen LogP contribution >= 0.6 is 0 Å². The fraction of sp³-hybridized carbons (Fsp3) is 0.853. The number of rotatable bonds is 12. The van der Waals surface area contributed by atoms with Gasteiger partial charge in [-0.15, -0.1) is 0 Å². The Morgan fingerprint density at radius 2 is 1.77 bits per heavy atom. The van der Waals surface area contributed by atoms with Gasteiger partial charge in [0.25, 0.3) is 0 Å². The van der Waals surface area contributed by atoms with Crippen molar-refractivity contribution < 1.29 is 24.2 Å². The lowest BCUT2D eigenvalue weighted by Gasteiger charge is -2.58. The third kappa shape index (κ3) is 6.78. The van der Waals surface area contributed by atoms with Gasteiger partial charge in [-0.25, -0.2) is 0 Å². The number of carboxylic acids is 1. The van der Waals surface area contributed by atoms with Crippen LogP contribution in [0.4, 0.5) is 0 Å². The van der Waals surface area contributed by atoms with Crippen LogP contribution in [0.5, 0.6) is 0 Å². The summed E-state index contributed by atoms with van der Waals surface area (Å²) in [7, 11) is 0. The minimum absolute atomic E-state index is 0.0696. The molecule has 0 bridgehead atoms. The van der Waals surface area contributed by atoms with E-state index in [1.807, 2.05) is 0 Å². The summed E-state index contributed by atoms with van der Waals surface area (Å²) in [6, 6.07) is 0. The first-order valence-electron chi connectivity index (χ1n) is 16.3. The van der Waals surface area contributed by atoms with Crippen molar-refractivity contribution in [3.05, 3.63) is 11.6 Å². The van der Waals surface area contributed by atoms with Gasteiger partial charge < -0.3 is 15.2 Å². The fourth-order valence-corrected chi connectivity index (χ4v) is 9.61. The fourth-order valence-electron chi connectivity index (χ4n) is 9.61. The topological polar surface area (TPSA) is 92.7 Å². The predicted molar refractivity (Wildman–Crippen MR) is 157 cm³/mol. The Morgan fingerprint density at radius 3 is 2.50 bits per heavy atom. The van der Waals surface area contributed by atoms with E-state index < -0.39 is 5.97 Å². The van der Waals surface area contributed by atoms with Crippen LogP contribution in [0.25, 0.3) is 0 Å². The SMILES string of the molecule is CC(C)CCC[C@@H](C)[C@H]1CC[C@H]2[C@@H]3CC=C4C[C@@H](OC(=O)CCNC(=O)CCC(=O)O)CC[C@]4(C)[C@H]3CC[C@]12C. The lowest BCUT2D eigenvalue weighted by Crippen LogP contribution is -2.51.